The maximum absolute atomic E-state index is 12.8. The molecular formula is C28H28N4O6S. The molecule has 0 aliphatic carbocycles. The minimum absolute atomic E-state index is 0.0960. The summed E-state index contributed by atoms with van der Waals surface area (Å²) in [4.78, 5) is 50.3. The van der Waals surface area contributed by atoms with Gasteiger partial charge in [0.25, 0.3) is 17.7 Å². The van der Waals surface area contributed by atoms with Gasteiger partial charge in [-0.2, -0.15) is 4.31 Å². The van der Waals surface area contributed by atoms with E-state index in [1.807, 2.05) is 0 Å². The van der Waals surface area contributed by atoms with Crippen LogP contribution < -0.4 is 16.2 Å². The summed E-state index contributed by atoms with van der Waals surface area (Å²) >= 11 is 0. The zero-order valence-electron chi connectivity index (χ0n) is 21.1. The number of hydrazine groups is 1. The molecule has 3 amide bonds. The lowest BCUT2D eigenvalue weighted by atomic mass is 9.98. The molecule has 1 heterocycles. The molecule has 0 unspecified atom stereocenters. The third-order valence-corrected chi connectivity index (χ3v) is 8.16. The maximum atomic E-state index is 12.8. The predicted octanol–water partition coefficient (Wildman–Crippen LogP) is 2.28. The normalized spacial score (nSPS) is 13.7. The molecule has 1 saturated heterocycles. The maximum Gasteiger partial charge on any atom is 0.269 e. The average Bonchev–Trinajstić information content (AvgIpc) is 2.99. The van der Waals surface area contributed by atoms with Crippen LogP contribution in [-0.4, -0.2) is 55.9 Å². The number of nitrogens with zero attached hydrogens (tertiary/aromatic N) is 1. The first-order chi connectivity index (χ1) is 18.8. The van der Waals surface area contributed by atoms with Gasteiger partial charge >= 0.3 is 0 Å². The molecule has 11 heteroatoms. The Balaban J connectivity index is 1.29. The van der Waals surface area contributed by atoms with Crippen LogP contribution in [0.3, 0.4) is 0 Å². The predicted molar refractivity (Wildman–Crippen MR) is 143 cm³/mol. The van der Waals surface area contributed by atoms with E-state index in [4.69, 9.17) is 0 Å². The second kappa shape index (κ2) is 12.5. The van der Waals surface area contributed by atoms with E-state index < -0.39 is 34.3 Å². The fourth-order valence-corrected chi connectivity index (χ4v) is 5.67. The summed E-state index contributed by atoms with van der Waals surface area (Å²) in [6.07, 6.45) is 2.64. The van der Waals surface area contributed by atoms with Crippen LogP contribution in [0.5, 0.6) is 0 Å². The first-order valence-corrected chi connectivity index (χ1v) is 13.9. The molecule has 0 spiro atoms. The number of rotatable bonds is 8. The van der Waals surface area contributed by atoms with Gasteiger partial charge in [-0.15, -0.1) is 0 Å². The molecule has 4 rings (SSSR count). The molecule has 0 saturated carbocycles. The molecule has 0 bridgehead atoms. The Bertz CT molecular complexity index is 1470. The summed E-state index contributed by atoms with van der Waals surface area (Å²) in [5.74, 6) is -2.31. The van der Waals surface area contributed by atoms with E-state index in [2.05, 4.69) is 16.2 Å². The van der Waals surface area contributed by atoms with Gasteiger partial charge in [-0.25, -0.2) is 8.42 Å². The molecule has 3 aromatic carbocycles. The molecule has 39 heavy (non-hydrogen) atoms. The molecule has 0 atom stereocenters. The summed E-state index contributed by atoms with van der Waals surface area (Å²) in [7, 11) is -3.62. The Morgan fingerprint density at radius 3 is 1.95 bits per heavy atom. The van der Waals surface area contributed by atoms with Gasteiger partial charge in [0.05, 0.1) is 17.0 Å². The second-order valence-electron chi connectivity index (χ2n) is 8.91. The topological polar surface area (TPSA) is 142 Å². The molecule has 0 aromatic heterocycles. The molecule has 202 valence electrons. The Hall–Kier alpha value is -4.35. The SMILES string of the molecule is O=C(CNC(=O)c1ccccc1C(=O)c1ccccc1)NNC(=O)c1ccc(S(=O)(=O)N2CCCCC2)cc1. The van der Waals surface area contributed by atoms with Crippen molar-refractivity contribution >= 4 is 33.5 Å². The number of carbonyl (C=O) groups excluding carboxylic acids is 4. The molecule has 3 N–H and O–H groups in total. The highest BCUT2D eigenvalue weighted by molar-refractivity contribution is 7.89. The number of hydrogen-bond donors (Lipinski definition) is 3. The van der Waals surface area contributed by atoms with Gasteiger partial charge in [-0.05, 0) is 43.2 Å². The highest BCUT2D eigenvalue weighted by Crippen LogP contribution is 2.21. The Morgan fingerprint density at radius 2 is 1.28 bits per heavy atom. The molecular weight excluding hydrogens is 520 g/mol. The first-order valence-electron chi connectivity index (χ1n) is 12.4. The molecule has 1 aliphatic rings. The van der Waals surface area contributed by atoms with Crippen LogP contribution in [0, 0.1) is 0 Å². The molecule has 10 nitrogen and oxygen atoms in total. The minimum Gasteiger partial charge on any atom is -0.343 e. The summed E-state index contributed by atoms with van der Waals surface area (Å²) in [6, 6.07) is 20.2. The standard InChI is InChI=1S/C28H28N4O6S/c33-25(19-29-28(36)24-12-6-5-11-23(24)26(34)20-9-3-1-4-10-20)30-31-27(35)21-13-15-22(16-14-21)39(37,38)32-17-7-2-8-18-32/h1,3-6,9-16H,2,7-8,17-19H2,(H,29,36)(H,30,33)(H,31,35). The highest BCUT2D eigenvalue weighted by Gasteiger charge is 2.26. The van der Waals surface area contributed by atoms with Gasteiger partial charge in [-0.1, -0.05) is 55.0 Å². The number of amides is 3. The van der Waals surface area contributed by atoms with Gasteiger partial charge in [0.2, 0.25) is 10.0 Å². The van der Waals surface area contributed by atoms with Crippen LogP contribution in [0.15, 0.2) is 83.8 Å². The average molecular weight is 549 g/mol. The Labute approximate surface area is 226 Å². The summed E-state index contributed by atoms with van der Waals surface area (Å²) in [5, 5.41) is 2.44. The lowest BCUT2D eigenvalue weighted by Crippen LogP contribution is -2.46. The number of sulfonamides is 1. The fraction of sp³-hybridized carbons (Fsp3) is 0.214. The van der Waals surface area contributed by atoms with Crippen LogP contribution in [0.2, 0.25) is 0 Å². The van der Waals surface area contributed by atoms with E-state index in [9.17, 15) is 27.6 Å². The molecule has 3 aromatic rings. The first kappa shape index (κ1) is 27.7. The fourth-order valence-electron chi connectivity index (χ4n) is 4.16. The zero-order valence-corrected chi connectivity index (χ0v) is 21.9. The van der Waals surface area contributed by atoms with Gasteiger partial charge in [-0.3, -0.25) is 30.0 Å². The Morgan fingerprint density at radius 1 is 0.667 bits per heavy atom. The highest BCUT2D eigenvalue weighted by atomic mass is 32.2. The van der Waals surface area contributed by atoms with Crippen molar-refractivity contribution in [3.63, 3.8) is 0 Å². The smallest absolute Gasteiger partial charge is 0.269 e. The zero-order chi connectivity index (χ0) is 27.8. The van der Waals surface area contributed by atoms with Crippen LogP contribution in [0.25, 0.3) is 0 Å². The summed E-state index contributed by atoms with van der Waals surface area (Å²) in [5.41, 5.74) is 5.31. The second-order valence-corrected chi connectivity index (χ2v) is 10.9. The number of ketones is 1. The summed E-state index contributed by atoms with van der Waals surface area (Å²) < 4.78 is 27.0. The Kier molecular flexibility index (Phi) is 8.84. The van der Waals surface area contributed by atoms with Crippen LogP contribution in [0.4, 0.5) is 0 Å². The number of carbonyl (C=O) groups is 4. The van der Waals surface area contributed by atoms with Crippen molar-refractivity contribution in [3.05, 3.63) is 101 Å². The van der Waals surface area contributed by atoms with Crippen molar-refractivity contribution in [2.24, 2.45) is 0 Å². The number of hydrogen-bond acceptors (Lipinski definition) is 6. The van der Waals surface area contributed by atoms with Crippen molar-refractivity contribution in [2.75, 3.05) is 19.6 Å². The minimum atomic E-state index is -3.62. The van der Waals surface area contributed by atoms with E-state index in [-0.39, 0.29) is 27.4 Å². The van der Waals surface area contributed by atoms with Gasteiger partial charge in [0.1, 0.15) is 0 Å². The van der Waals surface area contributed by atoms with Gasteiger partial charge in [0, 0.05) is 29.8 Å². The molecule has 1 fully saturated rings. The van der Waals surface area contributed by atoms with E-state index in [0.29, 0.717) is 18.7 Å². The molecule has 0 radical (unpaired) electrons. The number of benzene rings is 3. The van der Waals surface area contributed by atoms with Crippen molar-refractivity contribution in [1.29, 1.82) is 0 Å². The monoisotopic (exact) mass is 548 g/mol. The van der Waals surface area contributed by atoms with Crippen molar-refractivity contribution in [3.8, 4) is 0 Å². The quantitative estimate of drug-likeness (QED) is 0.291. The summed E-state index contributed by atoms with van der Waals surface area (Å²) in [6.45, 7) is 0.490. The lowest BCUT2D eigenvalue weighted by molar-refractivity contribution is -0.120. The van der Waals surface area contributed by atoms with E-state index in [1.54, 1.807) is 42.5 Å². The van der Waals surface area contributed by atoms with Gasteiger partial charge < -0.3 is 5.32 Å². The van der Waals surface area contributed by atoms with Crippen LogP contribution >= 0.6 is 0 Å². The van der Waals surface area contributed by atoms with E-state index in [1.165, 1.54) is 40.7 Å². The van der Waals surface area contributed by atoms with E-state index in [0.717, 1.165) is 19.3 Å². The van der Waals surface area contributed by atoms with Crippen molar-refractivity contribution < 1.29 is 27.6 Å². The van der Waals surface area contributed by atoms with Crippen molar-refractivity contribution in [2.45, 2.75) is 24.2 Å². The van der Waals surface area contributed by atoms with Crippen LogP contribution in [0.1, 0.15) is 55.9 Å². The largest absolute Gasteiger partial charge is 0.343 e. The van der Waals surface area contributed by atoms with E-state index >= 15 is 0 Å². The third kappa shape index (κ3) is 6.75. The van der Waals surface area contributed by atoms with Crippen molar-refractivity contribution in [1.82, 2.24) is 20.5 Å². The van der Waals surface area contributed by atoms with Crippen LogP contribution in [-0.2, 0) is 14.8 Å². The lowest BCUT2D eigenvalue weighted by Gasteiger charge is -2.25. The number of nitrogens with one attached hydrogen (secondary N) is 3. The number of piperidine rings is 1. The molecule has 1 aliphatic heterocycles. The third-order valence-electron chi connectivity index (χ3n) is 6.25. The van der Waals surface area contributed by atoms with Gasteiger partial charge in [0.15, 0.2) is 5.78 Å².